The molecule has 1 aromatic rings. The molecule has 2 aliphatic rings. The van der Waals surface area contributed by atoms with Crippen molar-refractivity contribution in [3.63, 3.8) is 0 Å². The molecule has 8 nitrogen and oxygen atoms in total. The zero-order valence-corrected chi connectivity index (χ0v) is 17.8. The van der Waals surface area contributed by atoms with Crippen molar-refractivity contribution >= 4 is 47.6 Å². The normalized spacial score (nSPS) is 18.2. The average molecular weight is 486 g/mol. The van der Waals surface area contributed by atoms with Gasteiger partial charge in [0.2, 0.25) is 5.91 Å². The number of anilines is 1. The minimum Gasteiger partial charge on any atom is -0.371 e. The molecule has 2 heterocycles. The standard InChI is InChI=1S/C18H26N6O2.HI/c1-19-17(20-9-12-24-16(25)13-21-18(24)26)22-14-7-10-23(11-8-14)15-5-3-2-4-6-15;/h2-6,14H,7-13H2,1H3,(H,21,26)(H2,19,20,22);1H. The number of rotatable bonds is 5. The Kier molecular flexibility index (Phi) is 8.14. The maximum absolute atomic E-state index is 11.6. The number of benzene rings is 1. The topological polar surface area (TPSA) is 89.1 Å². The lowest BCUT2D eigenvalue weighted by atomic mass is 10.0. The van der Waals surface area contributed by atoms with Gasteiger partial charge in [-0.15, -0.1) is 24.0 Å². The summed E-state index contributed by atoms with van der Waals surface area (Å²) in [5.74, 6) is 0.517. The van der Waals surface area contributed by atoms with Gasteiger partial charge in [0.05, 0.1) is 6.54 Å². The summed E-state index contributed by atoms with van der Waals surface area (Å²) in [5.41, 5.74) is 1.27. The SMILES string of the molecule is CN=C(NCCN1C(=O)CNC1=O)NC1CCN(c2ccccc2)CC1.I. The summed E-state index contributed by atoms with van der Waals surface area (Å²) in [4.78, 5) is 30.9. The number of hydrogen-bond donors (Lipinski definition) is 3. The third-order valence-electron chi connectivity index (χ3n) is 4.75. The molecule has 0 spiro atoms. The number of carbonyl (C=O) groups is 2. The van der Waals surface area contributed by atoms with Crippen LogP contribution in [0, 0.1) is 0 Å². The van der Waals surface area contributed by atoms with Crippen molar-refractivity contribution < 1.29 is 9.59 Å². The Hall–Kier alpha value is -2.04. The van der Waals surface area contributed by atoms with Crippen molar-refractivity contribution in [2.45, 2.75) is 18.9 Å². The summed E-state index contributed by atoms with van der Waals surface area (Å²) >= 11 is 0. The Labute approximate surface area is 176 Å². The number of piperidine rings is 1. The zero-order chi connectivity index (χ0) is 18.4. The minimum absolute atomic E-state index is 0. The fourth-order valence-corrected chi connectivity index (χ4v) is 3.28. The molecule has 3 N–H and O–H groups in total. The third-order valence-corrected chi connectivity index (χ3v) is 4.75. The number of nitrogens with one attached hydrogen (secondary N) is 3. The predicted octanol–water partition coefficient (Wildman–Crippen LogP) is 0.990. The summed E-state index contributed by atoms with van der Waals surface area (Å²) in [6.07, 6.45) is 2.06. The molecule has 1 aromatic carbocycles. The summed E-state index contributed by atoms with van der Waals surface area (Å²) in [5, 5.41) is 9.13. The molecule has 0 atom stereocenters. The van der Waals surface area contributed by atoms with Gasteiger partial charge in [-0.25, -0.2) is 4.79 Å². The Morgan fingerprint density at radius 1 is 1.22 bits per heavy atom. The molecule has 2 fully saturated rings. The van der Waals surface area contributed by atoms with Crippen LogP contribution in [0.5, 0.6) is 0 Å². The van der Waals surface area contributed by atoms with Crippen molar-refractivity contribution in [1.82, 2.24) is 20.9 Å². The molecule has 27 heavy (non-hydrogen) atoms. The second-order valence-corrected chi connectivity index (χ2v) is 6.44. The molecule has 9 heteroatoms. The lowest BCUT2D eigenvalue weighted by Gasteiger charge is -2.34. The van der Waals surface area contributed by atoms with Gasteiger partial charge in [-0.2, -0.15) is 0 Å². The number of halogens is 1. The van der Waals surface area contributed by atoms with E-state index in [0.29, 0.717) is 25.1 Å². The van der Waals surface area contributed by atoms with E-state index in [9.17, 15) is 9.59 Å². The molecule has 0 saturated carbocycles. The highest BCUT2D eigenvalue weighted by Gasteiger charge is 2.27. The fraction of sp³-hybridized carbons (Fsp3) is 0.500. The van der Waals surface area contributed by atoms with E-state index < -0.39 is 0 Å². The molecule has 0 aliphatic carbocycles. The van der Waals surface area contributed by atoms with Gasteiger partial charge in [0, 0.05) is 45.0 Å². The Bertz CT molecular complexity index is 645. The largest absolute Gasteiger partial charge is 0.371 e. The molecule has 0 bridgehead atoms. The minimum atomic E-state index is -0.326. The Morgan fingerprint density at radius 3 is 2.52 bits per heavy atom. The van der Waals surface area contributed by atoms with Crippen LogP contribution in [0.4, 0.5) is 10.5 Å². The quantitative estimate of drug-likeness (QED) is 0.250. The molecular formula is C18H27IN6O2. The maximum Gasteiger partial charge on any atom is 0.324 e. The molecule has 2 saturated heterocycles. The van der Waals surface area contributed by atoms with Gasteiger partial charge in [-0.05, 0) is 25.0 Å². The van der Waals surface area contributed by atoms with Crippen molar-refractivity contribution in [2.75, 3.05) is 44.7 Å². The number of imide groups is 1. The van der Waals surface area contributed by atoms with Gasteiger partial charge >= 0.3 is 6.03 Å². The summed E-state index contributed by atoms with van der Waals surface area (Å²) in [7, 11) is 1.72. The van der Waals surface area contributed by atoms with E-state index >= 15 is 0 Å². The van der Waals surface area contributed by atoms with E-state index in [1.807, 2.05) is 6.07 Å². The first-order chi connectivity index (χ1) is 12.7. The average Bonchev–Trinajstić information content (AvgIpc) is 3.00. The molecule has 3 amide bonds. The molecule has 0 radical (unpaired) electrons. The van der Waals surface area contributed by atoms with Gasteiger partial charge in [-0.3, -0.25) is 14.7 Å². The fourth-order valence-electron chi connectivity index (χ4n) is 3.28. The van der Waals surface area contributed by atoms with Crippen LogP contribution in [0.15, 0.2) is 35.3 Å². The highest BCUT2D eigenvalue weighted by Crippen LogP contribution is 2.19. The lowest BCUT2D eigenvalue weighted by molar-refractivity contribution is -0.124. The number of para-hydroxylation sites is 1. The van der Waals surface area contributed by atoms with Gasteiger partial charge in [0.25, 0.3) is 0 Å². The number of carbonyl (C=O) groups excluding carboxylic acids is 2. The molecule has 0 aromatic heterocycles. The summed E-state index contributed by atoms with van der Waals surface area (Å²) < 4.78 is 0. The smallest absolute Gasteiger partial charge is 0.324 e. The van der Waals surface area contributed by atoms with Gasteiger partial charge in [0.1, 0.15) is 0 Å². The van der Waals surface area contributed by atoms with E-state index in [0.717, 1.165) is 25.9 Å². The third kappa shape index (κ3) is 5.72. The zero-order valence-electron chi connectivity index (χ0n) is 15.5. The number of guanidine groups is 1. The van der Waals surface area contributed by atoms with Crippen LogP contribution in [0.25, 0.3) is 0 Å². The summed E-state index contributed by atoms with van der Waals surface area (Å²) in [6, 6.07) is 10.5. The van der Waals surface area contributed by atoms with Crippen LogP contribution in [0.1, 0.15) is 12.8 Å². The van der Waals surface area contributed by atoms with E-state index in [1.54, 1.807) is 7.05 Å². The van der Waals surface area contributed by atoms with E-state index in [4.69, 9.17) is 0 Å². The number of nitrogens with zero attached hydrogens (tertiary/aromatic N) is 3. The second kappa shape index (κ2) is 10.3. The number of amides is 3. The Morgan fingerprint density at radius 2 is 1.93 bits per heavy atom. The molecule has 0 unspecified atom stereocenters. The van der Waals surface area contributed by atoms with Crippen molar-refractivity contribution in [2.24, 2.45) is 4.99 Å². The molecule has 2 aliphatic heterocycles. The first-order valence-corrected chi connectivity index (χ1v) is 9.03. The van der Waals surface area contributed by atoms with Gasteiger partial charge < -0.3 is 20.9 Å². The molecule has 148 valence electrons. The van der Waals surface area contributed by atoms with Crippen LogP contribution in [0.3, 0.4) is 0 Å². The highest BCUT2D eigenvalue weighted by atomic mass is 127. The van der Waals surface area contributed by atoms with Gasteiger partial charge in [-0.1, -0.05) is 18.2 Å². The van der Waals surface area contributed by atoms with E-state index in [-0.39, 0.29) is 42.5 Å². The van der Waals surface area contributed by atoms with Crippen molar-refractivity contribution in [3.8, 4) is 0 Å². The highest BCUT2D eigenvalue weighted by molar-refractivity contribution is 14.0. The number of hydrogen-bond acceptors (Lipinski definition) is 4. The van der Waals surface area contributed by atoms with Crippen LogP contribution >= 0.6 is 24.0 Å². The van der Waals surface area contributed by atoms with Crippen LogP contribution in [-0.4, -0.2) is 68.6 Å². The number of urea groups is 1. The first-order valence-electron chi connectivity index (χ1n) is 9.03. The monoisotopic (exact) mass is 486 g/mol. The van der Waals surface area contributed by atoms with E-state index in [1.165, 1.54) is 10.6 Å². The van der Waals surface area contributed by atoms with Crippen LogP contribution < -0.4 is 20.9 Å². The molecule has 3 rings (SSSR count). The second-order valence-electron chi connectivity index (χ2n) is 6.44. The predicted molar refractivity (Wildman–Crippen MR) is 117 cm³/mol. The summed E-state index contributed by atoms with van der Waals surface area (Å²) in [6.45, 7) is 2.90. The first kappa shape index (κ1) is 21.3. The van der Waals surface area contributed by atoms with Crippen LogP contribution in [-0.2, 0) is 4.79 Å². The molecular weight excluding hydrogens is 459 g/mol. The van der Waals surface area contributed by atoms with Gasteiger partial charge in [0.15, 0.2) is 5.96 Å². The van der Waals surface area contributed by atoms with Crippen molar-refractivity contribution in [1.29, 1.82) is 0 Å². The van der Waals surface area contributed by atoms with E-state index in [2.05, 4.69) is 50.1 Å². The van der Waals surface area contributed by atoms with Crippen molar-refractivity contribution in [3.05, 3.63) is 30.3 Å². The van der Waals surface area contributed by atoms with Crippen LogP contribution in [0.2, 0.25) is 0 Å². The lowest BCUT2D eigenvalue weighted by Crippen LogP contribution is -2.50. The Balaban J connectivity index is 0.00000261. The maximum atomic E-state index is 11.6. The number of aliphatic imine (C=N–C) groups is 1.